The monoisotopic (exact) mass is 411 g/mol. The fourth-order valence-corrected chi connectivity index (χ4v) is 5.41. The maximum absolute atomic E-state index is 13.4. The molecule has 2 heterocycles. The van der Waals surface area contributed by atoms with Crippen molar-refractivity contribution < 1.29 is 9.53 Å². The van der Waals surface area contributed by atoms with Crippen molar-refractivity contribution in [3.8, 4) is 5.75 Å². The zero-order valence-electron chi connectivity index (χ0n) is 18.8. The Bertz CT molecular complexity index is 869. The van der Waals surface area contributed by atoms with Gasteiger partial charge in [-0.3, -0.25) is 9.69 Å². The average molecular weight is 412 g/mol. The largest absolute Gasteiger partial charge is 0.495 e. The Balaban J connectivity index is 1.59. The molecule has 1 aliphatic heterocycles. The van der Waals surface area contributed by atoms with E-state index in [1.54, 1.807) is 7.11 Å². The van der Waals surface area contributed by atoms with Crippen molar-refractivity contribution in [2.24, 2.45) is 5.92 Å². The van der Waals surface area contributed by atoms with Crippen molar-refractivity contribution in [3.63, 3.8) is 0 Å². The molecule has 1 aromatic heterocycles. The van der Waals surface area contributed by atoms with Crippen LogP contribution in [-0.2, 0) is 6.54 Å². The van der Waals surface area contributed by atoms with E-state index in [0.29, 0.717) is 18.4 Å². The number of nitrogens with zero attached hydrogens (tertiary/aromatic N) is 2. The summed E-state index contributed by atoms with van der Waals surface area (Å²) < 4.78 is 7.99. The molecular weight excluding hydrogens is 374 g/mol. The minimum absolute atomic E-state index is 0.219. The van der Waals surface area contributed by atoms with Crippen LogP contribution in [0.4, 0.5) is 0 Å². The molecule has 2 aliphatic rings. The highest BCUT2D eigenvalue weighted by Gasteiger charge is 2.27. The third kappa shape index (κ3) is 4.42. The standard InChI is InChI=1S/C25H37N3O2/c1-4-27-16-20(26-14-18(27)2)13-23(29)22-17-28(15-19-9-6-5-7-10-19)25-21(22)11-8-12-24(25)30-3/h8,11-12,17-20,26H,4-7,9-10,13-16H2,1-3H3. The van der Waals surface area contributed by atoms with Crippen molar-refractivity contribution in [1.29, 1.82) is 0 Å². The van der Waals surface area contributed by atoms with Gasteiger partial charge in [0.1, 0.15) is 5.75 Å². The van der Waals surface area contributed by atoms with Crippen molar-refractivity contribution >= 4 is 16.7 Å². The van der Waals surface area contributed by atoms with Gasteiger partial charge in [-0.25, -0.2) is 0 Å². The van der Waals surface area contributed by atoms with Crippen LogP contribution in [0.1, 0.15) is 62.7 Å². The number of methoxy groups -OCH3 is 1. The van der Waals surface area contributed by atoms with Gasteiger partial charge in [0.2, 0.25) is 0 Å². The Kier molecular flexibility index (Phi) is 6.79. The molecule has 1 N–H and O–H groups in total. The number of ketones is 1. The van der Waals surface area contributed by atoms with E-state index in [1.165, 1.54) is 32.1 Å². The number of benzene rings is 1. The zero-order chi connectivity index (χ0) is 21.1. The number of nitrogens with one attached hydrogen (secondary N) is 1. The predicted octanol–water partition coefficient (Wildman–Crippen LogP) is 4.49. The summed E-state index contributed by atoms with van der Waals surface area (Å²) in [5, 5.41) is 4.62. The Morgan fingerprint density at radius 1 is 1.23 bits per heavy atom. The molecular formula is C25H37N3O2. The van der Waals surface area contributed by atoms with Crippen LogP contribution < -0.4 is 10.1 Å². The first-order valence-corrected chi connectivity index (χ1v) is 11.8. The van der Waals surface area contributed by atoms with Gasteiger partial charge in [-0.2, -0.15) is 0 Å². The molecule has 1 aliphatic carbocycles. The molecule has 2 aromatic rings. The molecule has 4 rings (SSSR count). The van der Waals surface area contributed by atoms with Crippen LogP contribution in [0, 0.1) is 5.92 Å². The highest BCUT2D eigenvalue weighted by atomic mass is 16.5. The summed E-state index contributed by atoms with van der Waals surface area (Å²) in [6, 6.07) is 6.84. The van der Waals surface area contributed by atoms with Gasteiger partial charge in [0.15, 0.2) is 5.78 Å². The second kappa shape index (κ2) is 9.52. The van der Waals surface area contributed by atoms with E-state index < -0.39 is 0 Å². The summed E-state index contributed by atoms with van der Waals surface area (Å²) in [6.07, 6.45) is 9.23. The van der Waals surface area contributed by atoms with Crippen LogP contribution in [-0.4, -0.2) is 54.1 Å². The van der Waals surface area contributed by atoms with E-state index in [9.17, 15) is 4.79 Å². The summed E-state index contributed by atoms with van der Waals surface area (Å²) in [4.78, 5) is 15.9. The number of hydrogen-bond acceptors (Lipinski definition) is 4. The number of hydrogen-bond donors (Lipinski definition) is 1. The van der Waals surface area contributed by atoms with Crippen LogP contribution in [0.5, 0.6) is 5.75 Å². The van der Waals surface area contributed by atoms with Crippen LogP contribution >= 0.6 is 0 Å². The molecule has 1 saturated carbocycles. The number of fused-ring (bicyclic) bond motifs is 1. The number of rotatable bonds is 7. The molecule has 0 radical (unpaired) electrons. The molecule has 0 spiro atoms. The second-order valence-electron chi connectivity index (χ2n) is 9.22. The molecule has 2 fully saturated rings. The van der Waals surface area contributed by atoms with Crippen LogP contribution in [0.25, 0.3) is 10.9 Å². The number of aromatic nitrogens is 1. The normalized spacial score (nSPS) is 23.7. The molecule has 2 unspecified atom stereocenters. The molecule has 30 heavy (non-hydrogen) atoms. The van der Waals surface area contributed by atoms with E-state index in [0.717, 1.165) is 48.4 Å². The SMILES string of the molecule is CCN1CC(CC(=O)c2cn(CC3CCCCC3)c3c(OC)cccc23)NCC1C. The van der Waals surface area contributed by atoms with Gasteiger partial charge in [-0.15, -0.1) is 0 Å². The third-order valence-corrected chi connectivity index (χ3v) is 7.18. The van der Waals surface area contributed by atoms with Gasteiger partial charge in [-0.1, -0.05) is 38.3 Å². The van der Waals surface area contributed by atoms with Gasteiger partial charge in [-0.05, 0) is 38.3 Å². The van der Waals surface area contributed by atoms with E-state index in [-0.39, 0.29) is 11.8 Å². The fraction of sp³-hybridized carbons (Fsp3) is 0.640. The van der Waals surface area contributed by atoms with E-state index in [4.69, 9.17) is 4.74 Å². The zero-order valence-corrected chi connectivity index (χ0v) is 18.8. The number of likely N-dealkylation sites (N-methyl/N-ethyl adjacent to an activating group) is 1. The average Bonchev–Trinajstić information content (AvgIpc) is 3.14. The molecule has 0 bridgehead atoms. The van der Waals surface area contributed by atoms with Gasteiger partial charge in [0, 0.05) is 55.3 Å². The number of piperazine rings is 1. The Hall–Kier alpha value is -1.85. The van der Waals surface area contributed by atoms with Crippen molar-refractivity contribution in [1.82, 2.24) is 14.8 Å². The predicted molar refractivity (Wildman–Crippen MR) is 123 cm³/mol. The second-order valence-corrected chi connectivity index (χ2v) is 9.22. The fourth-order valence-electron chi connectivity index (χ4n) is 5.41. The topological polar surface area (TPSA) is 46.5 Å². The molecule has 1 saturated heterocycles. The van der Waals surface area contributed by atoms with Gasteiger partial charge < -0.3 is 14.6 Å². The number of carbonyl (C=O) groups excluding carboxylic acids is 1. The molecule has 164 valence electrons. The highest BCUT2D eigenvalue weighted by molar-refractivity contribution is 6.09. The maximum atomic E-state index is 13.4. The smallest absolute Gasteiger partial charge is 0.166 e. The van der Waals surface area contributed by atoms with Crippen LogP contribution in [0.3, 0.4) is 0 Å². The lowest BCUT2D eigenvalue weighted by molar-refractivity contribution is 0.0920. The minimum atomic E-state index is 0.219. The Morgan fingerprint density at radius 2 is 2.03 bits per heavy atom. The summed E-state index contributed by atoms with van der Waals surface area (Å²) in [5.41, 5.74) is 1.93. The lowest BCUT2D eigenvalue weighted by atomic mass is 9.89. The van der Waals surface area contributed by atoms with Crippen LogP contribution in [0.15, 0.2) is 24.4 Å². The number of para-hydroxylation sites is 1. The number of Topliss-reactive ketones (excluding diaryl/α,β-unsaturated/α-hetero) is 1. The maximum Gasteiger partial charge on any atom is 0.166 e. The molecule has 2 atom stereocenters. The molecule has 0 amide bonds. The molecule has 1 aromatic carbocycles. The minimum Gasteiger partial charge on any atom is -0.495 e. The first-order valence-electron chi connectivity index (χ1n) is 11.8. The summed E-state index contributed by atoms with van der Waals surface area (Å²) >= 11 is 0. The summed E-state index contributed by atoms with van der Waals surface area (Å²) in [7, 11) is 1.72. The number of ether oxygens (including phenoxy) is 1. The van der Waals surface area contributed by atoms with Gasteiger partial charge >= 0.3 is 0 Å². The van der Waals surface area contributed by atoms with Crippen molar-refractivity contribution in [2.45, 2.75) is 71.0 Å². The first kappa shape index (κ1) is 21.4. The Morgan fingerprint density at radius 3 is 2.77 bits per heavy atom. The van der Waals surface area contributed by atoms with E-state index in [2.05, 4.69) is 40.9 Å². The van der Waals surface area contributed by atoms with Crippen molar-refractivity contribution in [3.05, 3.63) is 30.0 Å². The third-order valence-electron chi connectivity index (χ3n) is 7.18. The molecule has 5 heteroatoms. The van der Waals surface area contributed by atoms with Crippen molar-refractivity contribution in [2.75, 3.05) is 26.7 Å². The van der Waals surface area contributed by atoms with Gasteiger partial charge in [0.25, 0.3) is 0 Å². The lowest BCUT2D eigenvalue weighted by Crippen LogP contribution is -2.55. The number of carbonyl (C=O) groups is 1. The van der Waals surface area contributed by atoms with Gasteiger partial charge in [0.05, 0.1) is 12.6 Å². The Labute approximate surface area is 180 Å². The van der Waals surface area contributed by atoms with Crippen LogP contribution in [0.2, 0.25) is 0 Å². The first-order chi connectivity index (χ1) is 14.6. The summed E-state index contributed by atoms with van der Waals surface area (Å²) in [6.45, 7) is 8.35. The summed E-state index contributed by atoms with van der Waals surface area (Å²) in [5.74, 6) is 1.80. The van der Waals surface area contributed by atoms with E-state index in [1.807, 2.05) is 12.1 Å². The van der Waals surface area contributed by atoms with E-state index >= 15 is 0 Å². The lowest BCUT2D eigenvalue weighted by Gasteiger charge is -2.38. The molecule has 5 nitrogen and oxygen atoms in total. The quantitative estimate of drug-likeness (QED) is 0.682. The highest BCUT2D eigenvalue weighted by Crippen LogP contribution is 2.33.